The Kier molecular flexibility index (Phi) is 14.4. The lowest BCUT2D eigenvalue weighted by Gasteiger charge is -2.27. The van der Waals surface area contributed by atoms with Gasteiger partial charge in [-0.05, 0) is 275 Å². The molecule has 0 aromatic heterocycles. The Morgan fingerprint density at radius 2 is 0.604 bits per heavy atom. The number of hydrogen-bond acceptors (Lipinski definition) is 2. The van der Waals surface area contributed by atoms with Crippen molar-refractivity contribution in [2.75, 3.05) is 16.8 Å². The van der Waals surface area contributed by atoms with E-state index in [0.29, 0.717) is 0 Å². The van der Waals surface area contributed by atoms with Crippen molar-refractivity contribution in [2.45, 2.75) is 85.5 Å². The molecule has 13 aromatic rings. The fourth-order valence-corrected chi connectivity index (χ4v) is 16.2. The summed E-state index contributed by atoms with van der Waals surface area (Å²) in [6, 6.07) is 103. The van der Waals surface area contributed by atoms with Crippen LogP contribution in [0.4, 0.5) is 28.4 Å². The van der Waals surface area contributed by atoms with Gasteiger partial charge in [0.05, 0.1) is 0 Å². The van der Waals surface area contributed by atoms with E-state index in [-0.39, 0.29) is 16.2 Å². The topological polar surface area (TPSA) is 6.48 Å². The molecule has 0 radical (unpaired) electrons. The third-order valence-corrected chi connectivity index (χ3v) is 21.7. The number of nitrogens with zero attached hydrogens (tertiary/aromatic N) is 2. The minimum atomic E-state index is -0.208. The second-order valence-corrected chi connectivity index (χ2v) is 28.8. The van der Waals surface area contributed by atoms with Crippen molar-refractivity contribution in [1.82, 2.24) is 0 Å². The zero-order chi connectivity index (χ0) is 65.9. The maximum absolute atomic E-state index is 2.47. The molecule has 2 heteroatoms. The van der Waals surface area contributed by atoms with E-state index in [4.69, 9.17) is 0 Å². The second-order valence-electron chi connectivity index (χ2n) is 28.8. The molecular formula is C94H80N2. The molecule has 3 aliphatic carbocycles. The van der Waals surface area contributed by atoms with Crippen LogP contribution in [0.2, 0.25) is 0 Å². The van der Waals surface area contributed by atoms with Crippen molar-refractivity contribution < 1.29 is 0 Å². The molecule has 0 saturated heterocycles. The average molecular weight is 1240 g/mol. The van der Waals surface area contributed by atoms with Crippen molar-refractivity contribution >= 4 is 34.5 Å². The summed E-state index contributed by atoms with van der Waals surface area (Å²) in [7, 11) is 2.20. The lowest BCUT2D eigenvalue weighted by molar-refractivity contribution is 0.660. The van der Waals surface area contributed by atoms with Gasteiger partial charge >= 0.3 is 0 Å². The first-order valence-corrected chi connectivity index (χ1v) is 34.1. The number of rotatable bonds is 12. The fraction of sp³-hybridized carbons (Fsp3) is 0.149. The highest BCUT2D eigenvalue weighted by Crippen LogP contribution is 2.54. The molecule has 0 heterocycles. The number of fused-ring (bicyclic) bond motifs is 9. The molecule has 3 aliphatic rings. The van der Waals surface area contributed by atoms with Crippen molar-refractivity contribution in [2.24, 2.45) is 0 Å². The number of hydrogen-bond donors (Lipinski definition) is 0. The van der Waals surface area contributed by atoms with Crippen LogP contribution in [-0.4, -0.2) is 7.05 Å². The van der Waals surface area contributed by atoms with Gasteiger partial charge in [-0.15, -0.1) is 0 Å². The zero-order valence-electron chi connectivity index (χ0n) is 57.0. The molecule has 0 aliphatic heterocycles. The van der Waals surface area contributed by atoms with Crippen LogP contribution >= 0.6 is 0 Å². The Balaban J connectivity index is 0.693. The number of aryl methyl sites for hydroxylation is 3. The van der Waals surface area contributed by atoms with Crippen molar-refractivity contribution in [3.63, 3.8) is 0 Å². The van der Waals surface area contributed by atoms with Gasteiger partial charge in [0.2, 0.25) is 0 Å². The molecule has 2 nitrogen and oxygen atoms in total. The van der Waals surface area contributed by atoms with Gasteiger partial charge in [-0.1, -0.05) is 235 Å². The summed E-state index contributed by atoms with van der Waals surface area (Å²) in [4.78, 5) is 4.76. The summed E-state index contributed by atoms with van der Waals surface area (Å²) in [5.41, 5.74) is 41.2. The van der Waals surface area contributed by atoms with E-state index in [1.54, 1.807) is 0 Å². The summed E-state index contributed by atoms with van der Waals surface area (Å²) in [6.45, 7) is 23.1. The molecule has 0 bridgehead atoms. The van der Waals surface area contributed by atoms with Gasteiger partial charge in [-0.3, -0.25) is 0 Å². The van der Waals surface area contributed by atoms with Gasteiger partial charge in [0.25, 0.3) is 0 Å². The highest BCUT2D eigenvalue weighted by atomic mass is 15.1. The van der Waals surface area contributed by atoms with E-state index in [0.717, 1.165) is 17.1 Å². The van der Waals surface area contributed by atoms with Crippen LogP contribution in [0.15, 0.2) is 279 Å². The smallest absolute Gasteiger partial charge is 0.0464 e. The van der Waals surface area contributed by atoms with Crippen LogP contribution in [0.5, 0.6) is 0 Å². The largest absolute Gasteiger partial charge is 0.345 e. The summed E-state index contributed by atoms with van der Waals surface area (Å²) >= 11 is 0. The maximum atomic E-state index is 2.47. The Hall–Kier alpha value is -10.8. The molecular weight excluding hydrogens is 1160 g/mol. The summed E-state index contributed by atoms with van der Waals surface area (Å²) in [6.07, 6.45) is 4.25. The van der Waals surface area contributed by atoms with E-state index in [1.807, 2.05) is 0 Å². The van der Waals surface area contributed by atoms with E-state index < -0.39 is 0 Å². The van der Waals surface area contributed by atoms with Crippen molar-refractivity contribution in [3.8, 4) is 100 Å². The van der Waals surface area contributed by atoms with E-state index in [1.165, 1.54) is 167 Å². The number of benzene rings is 13. The highest BCUT2D eigenvalue weighted by molar-refractivity contribution is 5.91. The van der Waals surface area contributed by atoms with Crippen LogP contribution in [0.1, 0.15) is 104 Å². The Bertz CT molecular complexity index is 5300. The molecule has 0 unspecified atom stereocenters. The van der Waals surface area contributed by atoms with E-state index in [2.05, 4.69) is 371 Å². The lowest BCUT2D eigenvalue weighted by Crippen LogP contribution is -2.16. The van der Waals surface area contributed by atoms with Gasteiger partial charge in [-0.25, -0.2) is 0 Å². The minimum Gasteiger partial charge on any atom is -0.345 e. The third-order valence-electron chi connectivity index (χ3n) is 21.7. The Morgan fingerprint density at radius 3 is 1.11 bits per heavy atom. The van der Waals surface area contributed by atoms with Crippen LogP contribution in [0.3, 0.4) is 0 Å². The van der Waals surface area contributed by atoms with Gasteiger partial charge in [0.15, 0.2) is 0 Å². The fourth-order valence-electron chi connectivity index (χ4n) is 16.2. The van der Waals surface area contributed by atoms with Crippen LogP contribution in [0, 0.1) is 20.8 Å². The molecule has 96 heavy (non-hydrogen) atoms. The Morgan fingerprint density at radius 1 is 0.260 bits per heavy atom. The molecule has 13 aromatic carbocycles. The molecule has 0 N–H and O–H groups in total. The molecule has 0 saturated carbocycles. The van der Waals surface area contributed by atoms with Crippen LogP contribution < -0.4 is 9.80 Å². The number of allylic oxidation sites excluding steroid dienone is 1. The average Bonchev–Trinajstić information content (AvgIpc) is 1.59. The first kappa shape index (κ1) is 60.2. The molecule has 0 fully saturated rings. The monoisotopic (exact) mass is 1240 g/mol. The van der Waals surface area contributed by atoms with E-state index in [9.17, 15) is 0 Å². The summed E-state index contributed by atoms with van der Waals surface area (Å²) < 4.78 is 0. The predicted molar refractivity (Wildman–Crippen MR) is 410 cm³/mol. The molecule has 16 rings (SSSR count). The molecule has 0 atom stereocenters. The van der Waals surface area contributed by atoms with Gasteiger partial charge in [0, 0.05) is 51.7 Å². The predicted octanol–water partition coefficient (Wildman–Crippen LogP) is 25.8. The third kappa shape index (κ3) is 10.1. The second kappa shape index (κ2) is 23.0. The lowest BCUT2D eigenvalue weighted by atomic mass is 9.80. The Labute approximate surface area is 568 Å². The molecule has 466 valence electrons. The van der Waals surface area contributed by atoms with Crippen molar-refractivity contribution in [1.29, 1.82) is 0 Å². The van der Waals surface area contributed by atoms with Crippen molar-refractivity contribution in [3.05, 3.63) is 335 Å². The first-order valence-electron chi connectivity index (χ1n) is 34.1. The van der Waals surface area contributed by atoms with E-state index >= 15 is 0 Å². The summed E-state index contributed by atoms with van der Waals surface area (Å²) in [5, 5.41) is 0. The zero-order valence-corrected chi connectivity index (χ0v) is 57.0. The maximum Gasteiger partial charge on any atom is 0.0464 e. The van der Waals surface area contributed by atoms with Gasteiger partial charge < -0.3 is 9.80 Å². The van der Waals surface area contributed by atoms with Gasteiger partial charge in [-0.2, -0.15) is 0 Å². The first-order chi connectivity index (χ1) is 46.4. The normalized spacial score (nSPS) is 14.0. The molecule has 0 spiro atoms. The SMILES string of the molecule is C/C=C/c1cccc(-c2cccc(-c3ccc(N(c4ccc(-c5ccc6c(c5)C(C)(C)c5cc(-c7ccc(C)cc7)ccc5-6)cc4)c4ccc(-c5ccc6c(c5)C(C)(C)c5cc(-c7ccc(N(C)c8ccc9c(c8)C(C)(C)c8ccccc8-9)cc7C)ccc5-6)c(C)c4)cc3)c2)c1. The minimum absolute atomic E-state index is 0.0481. The van der Waals surface area contributed by atoms with Crippen LogP contribution in [-0.2, 0) is 16.2 Å². The number of anilines is 5. The highest BCUT2D eigenvalue weighted by Gasteiger charge is 2.39. The van der Waals surface area contributed by atoms with Gasteiger partial charge in [0.1, 0.15) is 0 Å². The standard InChI is InChI=1S/C94H80N2/c1-12-17-62-18-15-19-66(52-62)68-21-16-20-67(53-68)64-28-36-73(37-29-64)96(74-38-30-65(31-39-74)70-33-44-82-81-43-32-69(63-26-24-59(2)25-27-63)54-87(81)93(7,8)88(82)55-70)77-42-48-79(61(4)51-77)72-35-46-84-83-45-34-71(56-89(83)94(9,10)90(84)57-72)78-47-40-75(50-60(78)3)95(11)76-41-49-85-80-22-13-14-23-86(80)92(5,6)91(85)58-76/h12-58H,1-11H3/b17-12+. The quantitative estimate of drug-likeness (QED) is 0.120. The summed E-state index contributed by atoms with van der Waals surface area (Å²) in [5.74, 6) is 0. The molecule has 0 amide bonds. The van der Waals surface area contributed by atoms with Crippen LogP contribution in [0.25, 0.3) is 106 Å².